The van der Waals surface area contributed by atoms with Crippen molar-refractivity contribution in [2.75, 3.05) is 0 Å². The fourth-order valence-electron chi connectivity index (χ4n) is 3.72. The summed E-state index contributed by atoms with van der Waals surface area (Å²) in [5.74, 6) is 0. The maximum absolute atomic E-state index is 12.6. The molecule has 1 aliphatic carbocycles. The number of sulfonamides is 1. The van der Waals surface area contributed by atoms with Gasteiger partial charge in [0.1, 0.15) is 0 Å². The molecule has 1 aromatic heterocycles. The van der Waals surface area contributed by atoms with E-state index in [-0.39, 0.29) is 6.04 Å². The van der Waals surface area contributed by atoms with Gasteiger partial charge >= 0.3 is 0 Å². The van der Waals surface area contributed by atoms with E-state index in [4.69, 9.17) is 0 Å². The van der Waals surface area contributed by atoms with Gasteiger partial charge in [0.2, 0.25) is 10.0 Å². The second kappa shape index (κ2) is 5.76. The Hall–Kier alpha value is -2.11. The van der Waals surface area contributed by atoms with E-state index < -0.39 is 10.0 Å². The smallest absolute Gasteiger partial charge is 0.240 e. The summed E-state index contributed by atoms with van der Waals surface area (Å²) < 4.78 is 30.3. The largest absolute Gasteiger partial charge is 0.347 e. The summed E-state index contributed by atoms with van der Waals surface area (Å²) in [5, 5.41) is 1.23. The van der Waals surface area contributed by atoms with Crippen LogP contribution in [0.1, 0.15) is 17.7 Å². The molecule has 1 aliphatic rings. The molecule has 5 heteroatoms. The zero-order valence-corrected chi connectivity index (χ0v) is 14.4. The molecule has 0 saturated carbocycles. The normalized spacial score (nSPS) is 17.8. The highest BCUT2D eigenvalue weighted by atomic mass is 32.2. The molecule has 0 spiro atoms. The average Bonchev–Trinajstić information content (AvgIpc) is 2.88. The molecular formula is C19H20N2O2S. The van der Waals surface area contributed by atoms with E-state index in [1.807, 2.05) is 18.2 Å². The van der Waals surface area contributed by atoms with E-state index in [9.17, 15) is 8.42 Å². The van der Waals surface area contributed by atoms with Gasteiger partial charge in [-0.15, -0.1) is 0 Å². The van der Waals surface area contributed by atoms with Crippen LogP contribution in [-0.4, -0.2) is 19.0 Å². The van der Waals surface area contributed by atoms with Crippen LogP contribution < -0.4 is 4.72 Å². The topological polar surface area (TPSA) is 51.1 Å². The highest BCUT2D eigenvalue weighted by Crippen LogP contribution is 2.31. The lowest BCUT2D eigenvalue weighted by atomic mass is 9.92. The Morgan fingerprint density at radius 1 is 1.04 bits per heavy atom. The fourth-order valence-corrected chi connectivity index (χ4v) is 5.01. The zero-order chi connectivity index (χ0) is 16.7. The first-order valence-electron chi connectivity index (χ1n) is 8.19. The number of fused-ring (bicyclic) bond motifs is 3. The van der Waals surface area contributed by atoms with Gasteiger partial charge in [-0.3, -0.25) is 0 Å². The number of benzene rings is 2. The summed E-state index contributed by atoms with van der Waals surface area (Å²) in [5.41, 5.74) is 3.82. The highest BCUT2D eigenvalue weighted by molar-refractivity contribution is 7.89. The molecule has 24 heavy (non-hydrogen) atoms. The predicted octanol–water partition coefficient (Wildman–Crippen LogP) is 3.01. The third-order valence-electron chi connectivity index (χ3n) is 4.90. The van der Waals surface area contributed by atoms with Crippen molar-refractivity contribution in [2.45, 2.75) is 30.2 Å². The van der Waals surface area contributed by atoms with Crippen molar-refractivity contribution in [2.24, 2.45) is 7.05 Å². The first-order valence-corrected chi connectivity index (χ1v) is 9.67. The molecule has 0 radical (unpaired) electrons. The molecule has 0 saturated heterocycles. The predicted molar refractivity (Wildman–Crippen MR) is 95.5 cm³/mol. The van der Waals surface area contributed by atoms with Crippen LogP contribution in [0.3, 0.4) is 0 Å². The van der Waals surface area contributed by atoms with Gasteiger partial charge in [-0.2, -0.15) is 0 Å². The summed E-state index contributed by atoms with van der Waals surface area (Å²) in [6.45, 7) is 0. The van der Waals surface area contributed by atoms with E-state index in [0.717, 1.165) is 19.3 Å². The Morgan fingerprint density at radius 2 is 1.75 bits per heavy atom. The number of para-hydroxylation sites is 1. The number of aryl methyl sites for hydroxylation is 1. The second-order valence-corrected chi connectivity index (χ2v) is 8.09. The van der Waals surface area contributed by atoms with Gasteiger partial charge in [-0.25, -0.2) is 13.1 Å². The van der Waals surface area contributed by atoms with Crippen molar-refractivity contribution in [3.63, 3.8) is 0 Å². The molecular weight excluding hydrogens is 320 g/mol. The van der Waals surface area contributed by atoms with Crippen molar-refractivity contribution in [1.82, 2.24) is 9.29 Å². The first-order chi connectivity index (χ1) is 11.6. The van der Waals surface area contributed by atoms with Crippen LogP contribution >= 0.6 is 0 Å². The minimum Gasteiger partial charge on any atom is -0.347 e. The van der Waals surface area contributed by atoms with Crippen LogP contribution in [0.4, 0.5) is 0 Å². The number of aromatic nitrogens is 1. The quantitative estimate of drug-likeness (QED) is 0.797. The minimum atomic E-state index is -3.47. The minimum absolute atomic E-state index is 0.0616. The molecule has 0 amide bonds. The van der Waals surface area contributed by atoms with E-state index in [1.54, 1.807) is 24.3 Å². The van der Waals surface area contributed by atoms with Crippen LogP contribution in [0.5, 0.6) is 0 Å². The number of hydrogen-bond donors (Lipinski definition) is 1. The third-order valence-corrected chi connectivity index (χ3v) is 6.44. The van der Waals surface area contributed by atoms with Gasteiger partial charge in [0.05, 0.1) is 4.90 Å². The van der Waals surface area contributed by atoms with Gasteiger partial charge in [0.15, 0.2) is 0 Å². The molecule has 1 atom stereocenters. The third kappa shape index (κ3) is 2.54. The lowest BCUT2D eigenvalue weighted by molar-refractivity contribution is 0.501. The van der Waals surface area contributed by atoms with Crippen molar-refractivity contribution in [3.8, 4) is 0 Å². The number of nitrogens with one attached hydrogen (secondary N) is 1. The molecule has 1 unspecified atom stereocenters. The van der Waals surface area contributed by atoms with Gasteiger partial charge in [-0.05, 0) is 43.0 Å². The molecule has 4 rings (SSSR count). The SMILES string of the molecule is Cn1c2c(c3ccccc31)CC(NS(=O)(=O)c1ccccc1)CC2. The van der Waals surface area contributed by atoms with Crippen molar-refractivity contribution in [1.29, 1.82) is 0 Å². The molecule has 0 bridgehead atoms. The van der Waals surface area contributed by atoms with Crippen LogP contribution in [0.15, 0.2) is 59.5 Å². The summed E-state index contributed by atoms with van der Waals surface area (Å²) in [6.07, 6.45) is 2.45. The summed E-state index contributed by atoms with van der Waals surface area (Å²) in [6, 6.07) is 16.9. The number of nitrogens with zero attached hydrogens (tertiary/aromatic N) is 1. The van der Waals surface area contributed by atoms with Gasteiger partial charge in [-0.1, -0.05) is 36.4 Å². The Labute approximate surface area is 142 Å². The maximum atomic E-state index is 12.6. The van der Waals surface area contributed by atoms with E-state index in [1.165, 1.54) is 22.2 Å². The molecule has 3 aromatic rings. The van der Waals surface area contributed by atoms with Crippen LogP contribution in [0.25, 0.3) is 10.9 Å². The lowest BCUT2D eigenvalue weighted by Crippen LogP contribution is -2.38. The number of hydrogen-bond acceptors (Lipinski definition) is 2. The van der Waals surface area contributed by atoms with Crippen LogP contribution in [0, 0.1) is 0 Å². The average molecular weight is 340 g/mol. The lowest BCUT2D eigenvalue weighted by Gasteiger charge is -2.24. The standard InChI is InChI=1S/C19H20N2O2S/c1-21-18-10-6-5-9-16(18)17-13-14(11-12-19(17)21)20-24(22,23)15-7-3-2-4-8-15/h2-10,14,20H,11-13H2,1H3. The summed E-state index contributed by atoms with van der Waals surface area (Å²) >= 11 is 0. The Balaban J connectivity index is 1.64. The molecule has 0 aliphatic heterocycles. The summed E-state index contributed by atoms with van der Waals surface area (Å²) in [4.78, 5) is 0.328. The molecule has 1 heterocycles. The molecule has 2 aromatic carbocycles. The van der Waals surface area contributed by atoms with E-state index in [2.05, 4.69) is 28.5 Å². The zero-order valence-electron chi connectivity index (χ0n) is 13.6. The van der Waals surface area contributed by atoms with E-state index in [0.29, 0.717) is 4.90 Å². The first kappa shape index (κ1) is 15.4. The maximum Gasteiger partial charge on any atom is 0.240 e. The Kier molecular flexibility index (Phi) is 3.70. The fraction of sp³-hybridized carbons (Fsp3) is 0.263. The molecule has 4 nitrogen and oxygen atoms in total. The van der Waals surface area contributed by atoms with Crippen LogP contribution in [-0.2, 0) is 29.9 Å². The second-order valence-electron chi connectivity index (χ2n) is 6.38. The van der Waals surface area contributed by atoms with Crippen molar-refractivity contribution in [3.05, 3.63) is 65.9 Å². The van der Waals surface area contributed by atoms with E-state index >= 15 is 0 Å². The van der Waals surface area contributed by atoms with Gasteiger partial charge in [0, 0.05) is 29.7 Å². The summed E-state index contributed by atoms with van der Waals surface area (Å²) in [7, 11) is -1.37. The molecule has 1 N–H and O–H groups in total. The number of rotatable bonds is 3. The highest BCUT2D eigenvalue weighted by Gasteiger charge is 2.27. The monoisotopic (exact) mass is 340 g/mol. The Morgan fingerprint density at radius 3 is 2.54 bits per heavy atom. The van der Waals surface area contributed by atoms with Crippen LogP contribution in [0.2, 0.25) is 0 Å². The van der Waals surface area contributed by atoms with Crippen molar-refractivity contribution < 1.29 is 8.42 Å². The Bertz CT molecular complexity index is 991. The van der Waals surface area contributed by atoms with Gasteiger partial charge < -0.3 is 4.57 Å². The van der Waals surface area contributed by atoms with Crippen molar-refractivity contribution >= 4 is 20.9 Å². The molecule has 0 fully saturated rings. The molecule has 124 valence electrons. The van der Waals surface area contributed by atoms with Gasteiger partial charge in [0.25, 0.3) is 0 Å².